The molecular weight excluding hydrogens is 234 g/mol. The van der Waals surface area contributed by atoms with Gasteiger partial charge in [-0.2, -0.15) is 0 Å². The van der Waals surface area contributed by atoms with Crippen LogP contribution in [0.1, 0.15) is 49.4 Å². The molecule has 0 amide bonds. The number of carbonyl (C=O) groups is 1. The van der Waals surface area contributed by atoms with Gasteiger partial charge in [0, 0.05) is 12.0 Å². The van der Waals surface area contributed by atoms with E-state index in [1.807, 2.05) is 0 Å². The number of ketones is 1. The molecule has 0 N–H and O–H groups in total. The Bertz CT molecular complexity index is 442. The third-order valence-corrected chi connectivity index (χ3v) is 3.93. The van der Waals surface area contributed by atoms with E-state index in [0.717, 1.165) is 44.2 Å². The topological polar surface area (TPSA) is 17.1 Å². The molecule has 18 heavy (non-hydrogen) atoms. The summed E-state index contributed by atoms with van der Waals surface area (Å²) in [5.74, 6) is -1.07. The molecule has 1 aliphatic carbocycles. The molecule has 0 aromatic heterocycles. The summed E-state index contributed by atoms with van der Waals surface area (Å²) in [6.45, 7) is 2.12. The Balaban J connectivity index is 2.15. The van der Waals surface area contributed by atoms with Crippen LogP contribution in [0.4, 0.5) is 8.78 Å². The van der Waals surface area contributed by atoms with Crippen molar-refractivity contribution in [2.45, 2.75) is 39.0 Å². The number of hydrogen-bond donors (Lipinski definition) is 0. The van der Waals surface area contributed by atoms with E-state index in [-0.39, 0.29) is 17.3 Å². The molecule has 1 aromatic rings. The minimum absolute atomic E-state index is 0.0400. The average molecular weight is 252 g/mol. The second-order valence-corrected chi connectivity index (χ2v) is 5.13. The lowest BCUT2D eigenvalue weighted by atomic mass is 9.77. The summed E-state index contributed by atoms with van der Waals surface area (Å²) in [5, 5.41) is 0. The van der Waals surface area contributed by atoms with Gasteiger partial charge in [0.15, 0.2) is 5.78 Å². The third-order valence-electron chi connectivity index (χ3n) is 3.93. The van der Waals surface area contributed by atoms with Crippen LogP contribution in [0.2, 0.25) is 0 Å². The highest BCUT2D eigenvalue weighted by molar-refractivity contribution is 5.98. The zero-order valence-electron chi connectivity index (χ0n) is 10.6. The molecular formula is C15H18F2O. The Hall–Kier alpha value is -1.25. The van der Waals surface area contributed by atoms with Crippen molar-refractivity contribution < 1.29 is 13.6 Å². The van der Waals surface area contributed by atoms with E-state index in [9.17, 15) is 13.6 Å². The van der Waals surface area contributed by atoms with Gasteiger partial charge in [-0.25, -0.2) is 8.78 Å². The van der Waals surface area contributed by atoms with Crippen LogP contribution >= 0.6 is 0 Å². The Morgan fingerprint density at radius 1 is 1.33 bits per heavy atom. The second-order valence-electron chi connectivity index (χ2n) is 5.13. The van der Waals surface area contributed by atoms with Gasteiger partial charge in [0.25, 0.3) is 0 Å². The first-order valence-electron chi connectivity index (χ1n) is 6.61. The van der Waals surface area contributed by atoms with E-state index in [4.69, 9.17) is 0 Å². The van der Waals surface area contributed by atoms with Crippen LogP contribution in [0.25, 0.3) is 0 Å². The predicted octanol–water partition coefficient (Wildman–Crippen LogP) is 4.36. The normalized spacial score (nSPS) is 23.9. The fourth-order valence-electron chi connectivity index (χ4n) is 2.81. The fourth-order valence-corrected chi connectivity index (χ4v) is 2.81. The van der Waals surface area contributed by atoms with Crippen LogP contribution in [0.3, 0.4) is 0 Å². The largest absolute Gasteiger partial charge is 0.294 e. The van der Waals surface area contributed by atoms with Crippen LogP contribution in [0, 0.1) is 23.5 Å². The van der Waals surface area contributed by atoms with Gasteiger partial charge in [0.1, 0.15) is 11.6 Å². The van der Waals surface area contributed by atoms with Crippen LogP contribution < -0.4 is 0 Å². The Morgan fingerprint density at radius 2 is 2.11 bits per heavy atom. The number of Topliss-reactive ketones (excluding diaryl/α,β-unsaturated/α-hetero) is 1. The molecule has 2 rings (SSSR count). The lowest BCUT2D eigenvalue weighted by molar-refractivity contribution is 0.0857. The van der Waals surface area contributed by atoms with Crippen LogP contribution in [-0.4, -0.2) is 5.78 Å². The third kappa shape index (κ3) is 2.77. The number of benzene rings is 1. The molecule has 2 atom stereocenters. The highest BCUT2D eigenvalue weighted by Crippen LogP contribution is 2.33. The van der Waals surface area contributed by atoms with Gasteiger partial charge in [0.05, 0.1) is 5.56 Å². The maximum absolute atomic E-state index is 13.6. The number of hydrogen-bond acceptors (Lipinski definition) is 1. The molecule has 0 saturated heterocycles. The minimum atomic E-state index is -0.737. The van der Waals surface area contributed by atoms with Crippen LogP contribution in [0.5, 0.6) is 0 Å². The monoisotopic (exact) mass is 252 g/mol. The van der Waals surface area contributed by atoms with Gasteiger partial charge in [0.2, 0.25) is 0 Å². The van der Waals surface area contributed by atoms with Crippen molar-refractivity contribution in [3.8, 4) is 0 Å². The SMILES string of the molecule is CCC1CCCC(C(=O)c2ccc(F)cc2F)C1. The molecule has 1 fully saturated rings. The molecule has 0 aliphatic heterocycles. The molecule has 1 nitrogen and oxygen atoms in total. The fraction of sp³-hybridized carbons (Fsp3) is 0.533. The summed E-state index contributed by atoms with van der Waals surface area (Å²) in [6, 6.07) is 3.20. The maximum Gasteiger partial charge on any atom is 0.168 e. The molecule has 0 bridgehead atoms. The van der Waals surface area contributed by atoms with E-state index >= 15 is 0 Å². The zero-order chi connectivity index (χ0) is 13.1. The summed E-state index contributed by atoms with van der Waals surface area (Å²) < 4.78 is 26.4. The Morgan fingerprint density at radius 3 is 2.78 bits per heavy atom. The molecule has 0 spiro atoms. The standard InChI is InChI=1S/C15H18F2O/c1-2-10-4-3-5-11(8-10)15(18)13-7-6-12(16)9-14(13)17/h6-7,9-11H,2-5,8H2,1H3. The average Bonchev–Trinajstić information content (AvgIpc) is 2.38. The Kier molecular flexibility index (Phi) is 4.10. The number of rotatable bonds is 3. The first kappa shape index (κ1) is 13.2. The summed E-state index contributed by atoms with van der Waals surface area (Å²) in [7, 11) is 0. The lowest BCUT2D eigenvalue weighted by Crippen LogP contribution is -2.23. The molecule has 0 radical (unpaired) electrons. The molecule has 1 aromatic carbocycles. The van der Waals surface area contributed by atoms with E-state index in [1.54, 1.807) is 0 Å². The molecule has 98 valence electrons. The van der Waals surface area contributed by atoms with Gasteiger partial charge in [-0.1, -0.05) is 26.2 Å². The maximum atomic E-state index is 13.6. The first-order chi connectivity index (χ1) is 8.61. The molecule has 1 aliphatic rings. The molecule has 0 heterocycles. The summed E-state index contributed by atoms with van der Waals surface area (Å²) in [5.41, 5.74) is 0.0400. The van der Waals surface area contributed by atoms with Gasteiger partial charge in [-0.05, 0) is 30.9 Å². The van der Waals surface area contributed by atoms with Crippen molar-refractivity contribution in [3.63, 3.8) is 0 Å². The van der Waals surface area contributed by atoms with E-state index in [1.165, 1.54) is 6.07 Å². The van der Waals surface area contributed by atoms with Crippen molar-refractivity contribution in [1.29, 1.82) is 0 Å². The quantitative estimate of drug-likeness (QED) is 0.730. The molecule has 3 heteroatoms. The minimum Gasteiger partial charge on any atom is -0.294 e. The smallest absolute Gasteiger partial charge is 0.168 e. The Labute approximate surface area is 106 Å². The summed E-state index contributed by atoms with van der Waals surface area (Å²) in [4.78, 5) is 12.2. The van der Waals surface area contributed by atoms with Crippen molar-refractivity contribution in [2.75, 3.05) is 0 Å². The highest BCUT2D eigenvalue weighted by atomic mass is 19.1. The van der Waals surface area contributed by atoms with Gasteiger partial charge in [-0.15, -0.1) is 0 Å². The summed E-state index contributed by atoms with van der Waals surface area (Å²) >= 11 is 0. The predicted molar refractivity (Wildman–Crippen MR) is 66.4 cm³/mol. The summed E-state index contributed by atoms with van der Waals surface area (Å²) in [6.07, 6.45) is 4.91. The van der Waals surface area contributed by atoms with Gasteiger partial charge in [-0.3, -0.25) is 4.79 Å². The van der Waals surface area contributed by atoms with Crippen molar-refractivity contribution in [1.82, 2.24) is 0 Å². The number of halogens is 2. The number of carbonyl (C=O) groups excluding carboxylic acids is 1. The van der Waals surface area contributed by atoms with Crippen LogP contribution in [0.15, 0.2) is 18.2 Å². The van der Waals surface area contributed by atoms with E-state index in [0.29, 0.717) is 5.92 Å². The zero-order valence-corrected chi connectivity index (χ0v) is 10.6. The van der Waals surface area contributed by atoms with E-state index < -0.39 is 11.6 Å². The second kappa shape index (κ2) is 5.59. The first-order valence-corrected chi connectivity index (χ1v) is 6.61. The van der Waals surface area contributed by atoms with Crippen molar-refractivity contribution >= 4 is 5.78 Å². The van der Waals surface area contributed by atoms with Crippen molar-refractivity contribution in [3.05, 3.63) is 35.4 Å². The molecule has 1 saturated carbocycles. The molecule has 2 unspecified atom stereocenters. The highest BCUT2D eigenvalue weighted by Gasteiger charge is 2.28. The van der Waals surface area contributed by atoms with Crippen LogP contribution in [-0.2, 0) is 0 Å². The van der Waals surface area contributed by atoms with Gasteiger partial charge >= 0.3 is 0 Å². The van der Waals surface area contributed by atoms with Crippen molar-refractivity contribution in [2.24, 2.45) is 11.8 Å². The van der Waals surface area contributed by atoms with E-state index in [2.05, 4.69) is 6.92 Å². The van der Waals surface area contributed by atoms with Gasteiger partial charge < -0.3 is 0 Å². The lowest BCUT2D eigenvalue weighted by Gasteiger charge is -2.27.